The van der Waals surface area contributed by atoms with Gasteiger partial charge in [0.05, 0.1) is 10.5 Å². The Kier molecular flexibility index (Phi) is 7.81. The number of sulfonamides is 1. The van der Waals surface area contributed by atoms with Gasteiger partial charge in [-0.15, -0.1) is 0 Å². The molecule has 1 heterocycles. The van der Waals surface area contributed by atoms with Crippen LogP contribution in [-0.4, -0.2) is 63.6 Å². The van der Waals surface area contributed by atoms with Crippen LogP contribution in [0.15, 0.2) is 29.2 Å². The molecule has 5 nitrogen and oxygen atoms in total. The van der Waals surface area contributed by atoms with E-state index >= 15 is 0 Å². The zero-order valence-corrected chi connectivity index (χ0v) is 18.2. The Morgan fingerprint density at radius 3 is 2.27 bits per heavy atom. The number of benzene rings is 1. The third-order valence-electron chi connectivity index (χ3n) is 6.25. The largest absolute Gasteiger partial charge is 0.416 e. The minimum atomic E-state index is -4.48. The highest BCUT2D eigenvalue weighted by atomic mass is 32.2. The molecule has 0 aromatic heterocycles. The van der Waals surface area contributed by atoms with Gasteiger partial charge in [0.1, 0.15) is 0 Å². The molecule has 2 aliphatic rings. The summed E-state index contributed by atoms with van der Waals surface area (Å²) in [5.74, 6) is 0.437. The Hall–Kier alpha value is -1.16. The third kappa shape index (κ3) is 5.96. The third-order valence-corrected chi connectivity index (χ3v) is 8.18. The molecule has 170 valence electrons. The molecular weight excluding hydrogens is 417 g/mol. The zero-order chi connectivity index (χ0) is 21.8. The van der Waals surface area contributed by atoms with Crippen LogP contribution >= 0.6 is 0 Å². The normalized spacial score (nSPS) is 23.5. The van der Waals surface area contributed by atoms with E-state index in [1.807, 2.05) is 0 Å². The smallest absolute Gasteiger partial charge is 0.381 e. The molecule has 1 aliphatic heterocycles. The van der Waals surface area contributed by atoms with Crippen LogP contribution in [0.1, 0.15) is 44.1 Å². The van der Waals surface area contributed by atoms with Gasteiger partial charge in [-0.3, -0.25) is 0 Å². The van der Waals surface area contributed by atoms with Crippen LogP contribution in [0.2, 0.25) is 0 Å². The minimum absolute atomic E-state index is 0.106. The van der Waals surface area contributed by atoms with Crippen LogP contribution < -0.4 is 0 Å². The van der Waals surface area contributed by atoms with Crippen molar-refractivity contribution in [1.82, 2.24) is 9.21 Å². The van der Waals surface area contributed by atoms with Crippen LogP contribution in [0.5, 0.6) is 0 Å². The van der Waals surface area contributed by atoms with Crippen molar-refractivity contribution in [3.8, 4) is 0 Å². The number of halogens is 3. The molecule has 0 unspecified atom stereocenters. The molecule has 1 saturated heterocycles. The first kappa shape index (κ1) is 23.5. The van der Waals surface area contributed by atoms with Gasteiger partial charge in [0, 0.05) is 32.8 Å². The number of alkyl halides is 3. The molecule has 3 rings (SSSR count). The Morgan fingerprint density at radius 2 is 1.73 bits per heavy atom. The molecule has 0 bridgehead atoms. The van der Waals surface area contributed by atoms with Gasteiger partial charge in [-0.05, 0) is 81.8 Å². The second-order valence-electron chi connectivity index (χ2n) is 8.34. The van der Waals surface area contributed by atoms with Crippen molar-refractivity contribution < 1.29 is 26.3 Å². The van der Waals surface area contributed by atoms with E-state index in [4.69, 9.17) is 4.74 Å². The summed E-state index contributed by atoms with van der Waals surface area (Å²) >= 11 is 0. The van der Waals surface area contributed by atoms with Crippen molar-refractivity contribution in [3.05, 3.63) is 29.8 Å². The lowest BCUT2D eigenvalue weighted by Crippen LogP contribution is -2.40. The van der Waals surface area contributed by atoms with E-state index in [0.717, 1.165) is 69.5 Å². The van der Waals surface area contributed by atoms with E-state index in [2.05, 4.69) is 4.90 Å². The topological polar surface area (TPSA) is 49.9 Å². The summed E-state index contributed by atoms with van der Waals surface area (Å²) in [6.07, 6.45) is 1.11. The molecule has 1 aromatic rings. The monoisotopic (exact) mass is 448 g/mol. The maximum absolute atomic E-state index is 12.8. The fourth-order valence-corrected chi connectivity index (χ4v) is 5.51. The quantitative estimate of drug-likeness (QED) is 0.536. The zero-order valence-electron chi connectivity index (χ0n) is 17.4. The first-order valence-corrected chi connectivity index (χ1v) is 12.1. The molecule has 2 fully saturated rings. The maximum Gasteiger partial charge on any atom is 0.416 e. The number of rotatable bonds is 9. The van der Waals surface area contributed by atoms with E-state index in [-0.39, 0.29) is 10.9 Å². The molecule has 0 N–H and O–H groups in total. The lowest BCUT2D eigenvalue weighted by Gasteiger charge is -2.34. The van der Waals surface area contributed by atoms with Gasteiger partial charge in [0.25, 0.3) is 0 Å². The van der Waals surface area contributed by atoms with Gasteiger partial charge in [-0.1, -0.05) is 0 Å². The Morgan fingerprint density at radius 1 is 1.10 bits per heavy atom. The SMILES string of the molecule is CN([C@H]1CC[C@H](COCCCN2CCC2)CC1)S(=O)(=O)c1ccc(C(F)(F)F)cc1. The molecular formula is C21H31F3N2O3S. The number of hydrogen-bond donors (Lipinski definition) is 0. The van der Waals surface area contributed by atoms with Crippen molar-refractivity contribution >= 4 is 10.0 Å². The van der Waals surface area contributed by atoms with E-state index in [1.54, 1.807) is 0 Å². The lowest BCUT2D eigenvalue weighted by atomic mass is 9.86. The van der Waals surface area contributed by atoms with Gasteiger partial charge in [0.2, 0.25) is 10.0 Å². The molecule has 9 heteroatoms. The first-order valence-electron chi connectivity index (χ1n) is 10.6. The average molecular weight is 449 g/mol. The molecule has 0 radical (unpaired) electrons. The Bertz CT molecular complexity index is 772. The van der Waals surface area contributed by atoms with Crippen molar-refractivity contribution in [2.75, 3.05) is 39.9 Å². The highest BCUT2D eigenvalue weighted by Gasteiger charge is 2.33. The summed E-state index contributed by atoms with van der Waals surface area (Å²) in [5.41, 5.74) is -0.852. The van der Waals surface area contributed by atoms with Gasteiger partial charge in [-0.2, -0.15) is 17.5 Å². The van der Waals surface area contributed by atoms with Crippen molar-refractivity contribution in [1.29, 1.82) is 0 Å². The second kappa shape index (κ2) is 9.97. The molecule has 0 spiro atoms. The summed E-state index contributed by atoms with van der Waals surface area (Å²) in [6.45, 7) is 4.97. The number of ether oxygens (including phenoxy) is 1. The van der Waals surface area contributed by atoms with Gasteiger partial charge >= 0.3 is 6.18 Å². The summed E-state index contributed by atoms with van der Waals surface area (Å²) in [6, 6.07) is 3.57. The van der Waals surface area contributed by atoms with Crippen molar-refractivity contribution in [3.63, 3.8) is 0 Å². The summed E-state index contributed by atoms with van der Waals surface area (Å²) < 4.78 is 70.9. The second-order valence-corrected chi connectivity index (χ2v) is 10.3. The predicted octanol–water partition coefficient (Wildman–Crippen LogP) is 4.00. The molecule has 0 atom stereocenters. The molecule has 1 saturated carbocycles. The van der Waals surface area contributed by atoms with E-state index < -0.39 is 21.8 Å². The molecule has 0 amide bonds. The fraction of sp³-hybridized carbons (Fsp3) is 0.714. The van der Waals surface area contributed by atoms with Crippen LogP contribution in [0, 0.1) is 5.92 Å². The van der Waals surface area contributed by atoms with Gasteiger partial charge < -0.3 is 9.64 Å². The van der Waals surface area contributed by atoms with Gasteiger partial charge in [0.15, 0.2) is 0 Å². The van der Waals surface area contributed by atoms with E-state index in [0.29, 0.717) is 12.5 Å². The van der Waals surface area contributed by atoms with Crippen molar-refractivity contribution in [2.45, 2.75) is 55.6 Å². The highest BCUT2D eigenvalue weighted by molar-refractivity contribution is 7.89. The van der Waals surface area contributed by atoms with Crippen LogP contribution in [0.4, 0.5) is 13.2 Å². The highest BCUT2D eigenvalue weighted by Crippen LogP contribution is 2.32. The average Bonchev–Trinajstić information content (AvgIpc) is 2.68. The van der Waals surface area contributed by atoms with Crippen molar-refractivity contribution in [2.24, 2.45) is 5.92 Å². The van der Waals surface area contributed by atoms with Gasteiger partial charge in [-0.25, -0.2) is 8.42 Å². The predicted molar refractivity (Wildman–Crippen MR) is 109 cm³/mol. The Balaban J connectivity index is 1.43. The number of nitrogens with zero attached hydrogens (tertiary/aromatic N) is 2. The summed E-state index contributed by atoms with van der Waals surface area (Å²) in [4.78, 5) is 2.31. The van der Waals surface area contributed by atoms with Crippen LogP contribution in [0.3, 0.4) is 0 Å². The molecule has 1 aromatic carbocycles. The summed E-state index contributed by atoms with van der Waals surface area (Å²) in [7, 11) is -2.30. The standard InChI is InChI=1S/C21H31F3N2O3S/c1-25(30(27,28)20-10-6-18(7-11-20)21(22,23)24)19-8-4-17(5-9-19)16-29-15-3-14-26-12-2-13-26/h6-7,10-11,17,19H,2-5,8-9,12-16H2,1H3/t17-,19-. The van der Waals surface area contributed by atoms with Crippen LogP contribution in [-0.2, 0) is 20.9 Å². The Labute approximate surface area is 177 Å². The fourth-order valence-electron chi connectivity index (χ4n) is 4.10. The number of likely N-dealkylation sites (tertiary alicyclic amines) is 1. The van der Waals surface area contributed by atoms with E-state index in [1.165, 1.54) is 30.9 Å². The molecule has 1 aliphatic carbocycles. The lowest BCUT2D eigenvalue weighted by molar-refractivity contribution is -0.137. The van der Waals surface area contributed by atoms with Crippen LogP contribution in [0.25, 0.3) is 0 Å². The minimum Gasteiger partial charge on any atom is -0.381 e. The first-order chi connectivity index (χ1) is 14.2. The summed E-state index contributed by atoms with van der Waals surface area (Å²) in [5, 5.41) is 0. The maximum atomic E-state index is 12.8. The number of hydrogen-bond acceptors (Lipinski definition) is 4. The van der Waals surface area contributed by atoms with E-state index in [9.17, 15) is 21.6 Å². The molecule has 30 heavy (non-hydrogen) atoms.